The zero-order valence-corrected chi connectivity index (χ0v) is 28.2. The predicted molar refractivity (Wildman–Crippen MR) is 189 cm³/mol. The number of aliphatic carboxylic acids is 1. The van der Waals surface area contributed by atoms with Gasteiger partial charge < -0.3 is 24.2 Å². The van der Waals surface area contributed by atoms with E-state index >= 15 is 0 Å². The molecular formula is C39H48N4O5. The zero-order valence-electron chi connectivity index (χ0n) is 28.2. The van der Waals surface area contributed by atoms with Crippen LogP contribution in [0.4, 0.5) is 0 Å². The smallest absolute Gasteiger partial charge is 0.352 e. The number of ether oxygens (including phenoxy) is 3. The number of carbonyl (C=O) groups is 1. The Balaban J connectivity index is 1.28. The molecule has 3 aromatic rings. The number of carboxylic acids is 1. The Hall–Kier alpha value is -4.18. The summed E-state index contributed by atoms with van der Waals surface area (Å²) in [6, 6.07) is 14.2. The fraction of sp³-hybridized carbons (Fsp3) is 0.436. The minimum absolute atomic E-state index is 0.321. The summed E-state index contributed by atoms with van der Waals surface area (Å²) in [7, 11) is 0. The number of hydrogen-bond donors (Lipinski definition) is 1. The number of benzene rings is 2. The van der Waals surface area contributed by atoms with Crippen molar-refractivity contribution in [3.63, 3.8) is 0 Å². The normalized spacial score (nSPS) is 19.8. The number of hydrogen-bond acceptors (Lipinski definition) is 7. The van der Waals surface area contributed by atoms with Gasteiger partial charge in [0.05, 0.1) is 44.4 Å². The molecule has 48 heavy (non-hydrogen) atoms. The van der Waals surface area contributed by atoms with Gasteiger partial charge in [-0.25, -0.2) is 4.79 Å². The average Bonchev–Trinajstić information content (AvgIpc) is 3.46. The molecule has 1 fully saturated rings. The van der Waals surface area contributed by atoms with E-state index in [1.54, 1.807) is 0 Å². The molecule has 1 aromatic heterocycles. The van der Waals surface area contributed by atoms with Gasteiger partial charge in [0, 0.05) is 50.3 Å². The molecule has 0 saturated carbocycles. The molecule has 0 unspecified atom stereocenters. The van der Waals surface area contributed by atoms with Crippen LogP contribution in [0.1, 0.15) is 49.6 Å². The van der Waals surface area contributed by atoms with Crippen LogP contribution in [0.15, 0.2) is 84.1 Å². The molecule has 3 aliphatic heterocycles. The van der Waals surface area contributed by atoms with Crippen LogP contribution < -0.4 is 4.74 Å². The largest absolute Gasteiger partial charge is 0.493 e. The molecular weight excluding hydrogens is 604 g/mol. The molecule has 9 heteroatoms. The maximum absolute atomic E-state index is 13.1. The third kappa shape index (κ3) is 7.92. The van der Waals surface area contributed by atoms with E-state index in [-0.39, 0.29) is 0 Å². The molecule has 9 nitrogen and oxygen atoms in total. The van der Waals surface area contributed by atoms with Crippen molar-refractivity contribution >= 4 is 22.3 Å². The summed E-state index contributed by atoms with van der Waals surface area (Å²) in [6.45, 7) is 14.2. The highest BCUT2D eigenvalue weighted by molar-refractivity contribution is 5.89. The Kier molecular flexibility index (Phi) is 11.4. The van der Waals surface area contributed by atoms with E-state index < -0.39 is 5.97 Å². The number of rotatable bonds is 10. The lowest BCUT2D eigenvalue weighted by molar-refractivity contribution is -0.134. The zero-order chi connectivity index (χ0) is 33.3. The maximum Gasteiger partial charge on any atom is 0.352 e. The molecule has 3 aliphatic rings. The van der Waals surface area contributed by atoms with Crippen LogP contribution in [0.5, 0.6) is 5.75 Å². The van der Waals surface area contributed by atoms with E-state index in [1.165, 1.54) is 0 Å². The first kappa shape index (κ1) is 33.7. The highest BCUT2D eigenvalue weighted by atomic mass is 16.5. The van der Waals surface area contributed by atoms with Gasteiger partial charge in [0.1, 0.15) is 11.4 Å². The van der Waals surface area contributed by atoms with E-state index in [0.29, 0.717) is 57.0 Å². The van der Waals surface area contributed by atoms with Crippen molar-refractivity contribution in [1.29, 1.82) is 0 Å². The first-order valence-corrected chi connectivity index (χ1v) is 17.4. The van der Waals surface area contributed by atoms with Gasteiger partial charge in [0.2, 0.25) is 0 Å². The van der Waals surface area contributed by atoms with E-state index in [1.807, 2.05) is 41.3 Å². The maximum atomic E-state index is 13.1. The standard InChI is InChI=1S/C39H48N4O5/c1-3-34-37-31-14-8-11-29(2)32(16-10-24-48-36-17-9-13-30-12-4-5-15-33(30)36)38(39(44)45)42(27-31)18-6-7-23-47-28-35(37)43(40-34)20-19-41-21-25-46-26-22-41/h4-5,8-9,11-15,17H,2-3,6-7,10,16,18-28H2,1H3,(H,44,45)/b11-8-,31-14+,38-32?. The van der Waals surface area contributed by atoms with Crippen LogP contribution in [0.25, 0.3) is 16.3 Å². The molecule has 1 saturated heterocycles. The molecule has 6 rings (SSSR count). The van der Waals surface area contributed by atoms with Gasteiger partial charge in [-0.2, -0.15) is 5.10 Å². The molecule has 1 N–H and O–H groups in total. The number of aromatic nitrogens is 2. The van der Waals surface area contributed by atoms with Gasteiger partial charge in [-0.3, -0.25) is 9.58 Å². The van der Waals surface area contributed by atoms with E-state index in [0.717, 1.165) is 103 Å². The van der Waals surface area contributed by atoms with Crippen LogP contribution >= 0.6 is 0 Å². The second-order valence-corrected chi connectivity index (χ2v) is 12.6. The molecule has 0 atom stereocenters. The van der Waals surface area contributed by atoms with Gasteiger partial charge in [0.25, 0.3) is 0 Å². The summed E-state index contributed by atoms with van der Waals surface area (Å²) in [5.41, 5.74) is 5.99. The van der Waals surface area contributed by atoms with Gasteiger partial charge in [0.15, 0.2) is 0 Å². The van der Waals surface area contributed by atoms with Gasteiger partial charge in [-0.15, -0.1) is 0 Å². The van der Waals surface area contributed by atoms with Gasteiger partial charge in [-0.1, -0.05) is 68.1 Å². The summed E-state index contributed by atoms with van der Waals surface area (Å²) in [6.07, 6.45) is 9.71. The third-order valence-electron chi connectivity index (χ3n) is 9.45. The first-order valence-electron chi connectivity index (χ1n) is 17.4. The van der Waals surface area contributed by atoms with Crippen molar-refractivity contribution in [2.75, 3.05) is 59.2 Å². The quantitative estimate of drug-likeness (QED) is 0.257. The second kappa shape index (κ2) is 16.3. The monoisotopic (exact) mass is 652 g/mol. The van der Waals surface area contributed by atoms with E-state index in [4.69, 9.17) is 19.3 Å². The number of aryl methyl sites for hydroxylation is 1. The lowest BCUT2D eigenvalue weighted by Crippen LogP contribution is -2.38. The van der Waals surface area contributed by atoms with E-state index in [9.17, 15) is 9.90 Å². The Morgan fingerprint density at radius 3 is 2.69 bits per heavy atom. The van der Waals surface area contributed by atoms with Crippen molar-refractivity contribution in [3.05, 3.63) is 101 Å². The lowest BCUT2D eigenvalue weighted by atomic mass is 9.98. The predicted octanol–water partition coefficient (Wildman–Crippen LogP) is 6.25. The summed E-state index contributed by atoms with van der Waals surface area (Å²) in [4.78, 5) is 17.6. The van der Waals surface area contributed by atoms with Crippen molar-refractivity contribution in [2.24, 2.45) is 0 Å². The molecule has 2 bridgehead atoms. The number of allylic oxidation sites excluding steroid dienone is 5. The highest BCUT2D eigenvalue weighted by Crippen LogP contribution is 2.33. The van der Waals surface area contributed by atoms with Crippen molar-refractivity contribution in [2.45, 2.75) is 52.2 Å². The average molecular weight is 653 g/mol. The topological polar surface area (TPSA) is 89.3 Å². The summed E-state index contributed by atoms with van der Waals surface area (Å²) >= 11 is 0. The van der Waals surface area contributed by atoms with Gasteiger partial charge >= 0.3 is 5.97 Å². The fourth-order valence-electron chi connectivity index (χ4n) is 6.95. The Labute approximate surface area is 283 Å². The highest BCUT2D eigenvalue weighted by Gasteiger charge is 2.28. The number of morpholine rings is 1. The minimum Gasteiger partial charge on any atom is -0.493 e. The Bertz CT molecular complexity index is 1690. The van der Waals surface area contributed by atoms with Crippen molar-refractivity contribution in [3.8, 4) is 5.75 Å². The SMILES string of the molecule is C=C1/C=C\C=C2/CN(CCCCOCc3c2c(CC)nn3CCN2CCOCC2)C(C(=O)O)=C1CCCOc1cccc2ccccc12. The fourth-order valence-corrected chi connectivity index (χ4v) is 6.95. The molecule has 0 aliphatic carbocycles. The lowest BCUT2D eigenvalue weighted by Gasteiger charge is -2.29. The molecule has 2 aromatic carbocycles. The molecule has 254 valence electrons. The second-order valence-electron chi connectivity index (χ2n) is 12.6. The summed E-state index contributed by atoms with van der Waals surface area (Å²) in [5.74, 6) is -0.0935. The number of nitrogens with zero attached hydrogens (tertiary/aromatic N) is 4. The van der Waals surface area contributed by atoms with E-state index in [2.05, 4.69) is 47.4 Å². The molecule has 4 heterocycles. The summed E-state index contributed by atoms with van der Waals surface area (Å²) < 4.78 is 20.2. The van der Waals surface area contributed by atoms with Gasteiger partial charge in [-0.05, 0) is 60.3 Å². The Morgan fingerprint density at radius 2 is 1.85 bits per heavy atom. The molecule has 0 amide bonds. The first-order chi connectivity index (χ1) is 23.5. The van der Waals surface area contributed by atoms with Crippen LogP contribution in [0.2, 0.25) is 0 Å². The molecule has 0 spiro atoms. The molecule has 0 radical (unpaired) electrons. The van der Waals surface area contributed by atoms with Crippen LogP contribution in [0.3, 0.4) is 0 Å². The summed E-state index contributed by atoms with van der Waals surface area (Å²) in [5, 5.41) is 18.1. The van der Waals surface area contributed by atoms with Crippen LogP contribution in [0, 0.1) is 0 Å². The van der Waals surface area contributed by atoms with Crippen LogP contribution in [-0.2, 0) is 33.8 Å². The third-order valence-corrected chi connectivity index (χ3v) is 9.45. The van der Waals surface area contributed by atoms with Crippen LogP contribution in [-0.4, -0.2) is 89.8 Å². The number of carboxylic acid groups (broad SMARTS) is 1. The van der Waals surface area contributed by atoms with Crippen molar-refractivity contribution in [1.82, 2.24) is 19.6 Å². The van der Waals surface area contributed by atoms with Crippen molar-refractivity contribution < 1.29 is 24.1 Å². The number of fused-ring (bicyclic) bond motifs is 5. The Morgan fingerprint density at radius 1 is 1.02 bits per heavy atom. The minimum atomic E-state index is -0.931.